The molecular weight excluding hydrogens is 403 g/mol. The molecule has 5 rings (SSSR count). The van der Waals surface area contributed by atoms with E-state index in [0.29, 0.717) is 13.1 Å². The highest BCUT2D eigenvalue weighted by Crippen LogP contribution is 2.49. The summed E-state index contributed by atoms with van der Waals surface area (Å²) in [7, 11) is 3.48. The van der Waals surface area contributed by atoms with Crippen LogP contribution in [0.3, 0.4) is 0 Å². The molecule has 0 spiro atoms. The quantitative estimate of drug-likeness (QED) is 0.547. The molecular formula is C27H25FN2O2. The first-order chi connectivity index (χ1) is 15.6. The SMILES string of the molecule is COC(=O)[C@@H]1C2=CC(c3cccc(F)c3)CN(C)c3cccc(c32)N1Cc1ccccc1. The van der Waals surface area contributed by atoms with Gasteiger partial charge >= 0.3 is 5.97 Å². The molecule has 4 nitrogen and oxygen atoms in total. The van der Waals surface area contributed by atoms with Crippen molar-refractivity contribution in [1.82, 2.24) is 0 Å². The summed E-state index contributed by atoms with van der Waals surface area (Å²) in [5.74, 6) is -0.612. The summed E-state index contributed by atoms with van der Waals surface area (Å²) in [6, 6.07) is 22.5. The van der Waals surface area contributed by atoms with Gasteiger partial charge < -0.3 is 14.5 Å². The lowest BCUT2D eigenvalue weighted by molar-refractivity contribution is -0.140. The van der Waals surface area contributed by atoms with Crippen molar-refractivity contribution >= 4 is 22.9 Å². The zero-order valence-electron chi connectivity index (χ0n) is 18.2. The van der Waals surface area contributed by atoms with Crippen LogP contribution in [-0.4, -0.2) is 32.7 Å². The molecule has 3 aromatic rings. The number of hydrogen-bond acceptors (Lipinski definition) is 4. The number of carbonyl (C=O) groups is 1. The molecule has 3 aromatic carbocycles. The third-order valence-electron chi connectivity index (χ3n) is 6.38. The van der Waals surface area contributed by atoms with Gasteiger partial charge in [0, 0.05) is 43.0 Å². The van der Waals surface area contributed by atoms with Crippen LogP contribution in [0.5, 0.6) is 0 Å². The number of halogens is 1. The van der Waals surface area contributed by atoms with Gasteiger partial charge in [0.1, 0.15) is 5.82 Å². The van der Waals surface area contributed by atoms with E-state index in [1.165, 1.54) is 13.2 Å². The van der Waals surface area contributed by atoms with Crippen molar-refractivity contribution in [3.63, 3.8) is 0 Å². The Balaban J connectivity index is 1.68. The molecule has 0 bridgehead atoms. The fourth-order valence-electron chi connectivity index (χ4n) is 4.92. The van der Waals surface area contributed by atoms with E-state index in [-0.39, 0.29) is 17.7 Å². The molecule has 2 atom stereocenters. The van der Waals surface area contributed by atoms with E-state index in [4.69, 9.17) is 4.74 Å². The number of benzene rings is 3. The number of methoxy groups -OCH3 is 1. The Labute approximate surface area is 187 Å². The van der Waals surface area contributed by atoms with Crippen molar-refractivity contribution in [2.24, 2.45) is 0 Å². The third-order valence-corrected chi connectivity index (χ3v) is 6.38. The van der Waals surface area contributed by atoms with Gasteiger partial charge in [-0.3, -0.25) is 0 Å². The monoisotopic (exact) mass is 428 g/mol. The summed E-state index contributed by atoms with van der Waals surface area (Å²) in [5, 5.41) is 0. The highest BCUT2D eigenvalue weighted by atomic mass is 19.1. The van der Waals surface area contributed by atoms with Crippen molar-refractivity contribution in [2.75, 3.05) is 30.5 Å². The van der Waals surface area contributed by atoms with Gasteiger partial charge in [0.25, 0.3) is 0 Å². The molecule has 0 aromatic heterocycles. The first kappa shape index (κ1) is 20.3. The van der Waals surface area contributed by atoms with Crippen LogP contribution in [0.2, 0.25) is 0 Å². The number of rotatable bonds is 4. The molecule has 0 saturated heterocycles. The standard InChI is InChI=1S/C27H25FN2O2/c1-29-17-20(19-10-6-11-21(28)14-19)15-22-25-23(29)12-7-13-24(25)30(26(22)27(31)32-2)16-18-8-4-3-5-9-18/h3-15,20,26H,16-17H2,1-2H3/t20?,26-/m0/s1. The van der Waals surface area contributed by atoms with Crippen LogP contribution in [-0.2, 0) is 16.1 Å². The number of esters is 1. The summed E-state index contributed by atoms with van der Waals surface area (Å²) in [5.41, 5.74) is 6.07. The fourth-order valence-corrected chi connectivity index (χ4v) is 4.92. The van der Waals surface area contributed by atoms with Gasteiger partial charge in [0.2, 0.25) is 0 Å². The molecule has 2 aliphatic rings. The molecule has 32 heavy (non-hydrogen) atoms. The minimum Gasteiger partial charge on any atom is -0.467 e. The lowest BCUT2D eigenvalue weighted by Crippen LogP contribution is -2.38. The molecule has 0 saturated carbocycles. The second-order valence-corrected chi connectivity index (χ2v) is 8.37. The van der Waals surface area contributed by atoms with Crippen molar-refractivity contribution in [1.29, 1.82) is 0 Å². The molecule has 0 fully saturated rings. The van der Waals surface area contributed by atoms with Gasteiger partial charge in [-0.15, -0.1) is 0 Å². The Kier molecular flexibility index (Phi) is 5.17. The molecule has 0 N–H and O–H groups in total. The van der Waals surface area contributed by atoms with Crippen LogP contribution in [0, 0.1) is 5.82 Å². The largest absolute Gasteiger partial charge is 0.467 e. The normalized spacial score (nSPS) is 19.3. The summed E-state index contributed by atoms with van der Waals surface area (Å²) >= 11 is 0. The maximum atomic E-state index is 14.0. The van der Waals surface area contributed by atoms with Crippen molar-refractivity contribution in [3.05, 3.63) is 101 Å². The van der Waals surface area contributed by atoms with Gasteiger partial charge in [-0.25, -0.2) is 9.18 Å². The van der Waals surface area contributed by atoms with E-state index in [9.17, 15) is 9.18 Å². The van der Waals surface area contributed by atoms with Gasteiger partial charge in [0.15, 0.2) is 6.04 Å². The Hall–Kier alpha value is -3.60. The van der Waals surface area contributed by atoms with Crippen LogP contribution < -0.4 is 9.80 Å². The number of ether oxygens (including phenoxy) is 1. The van der Waals surface area contributed by atoms with Crippen molar-refractivity contribution in [3.8, 4) is 0 Å². The molecule has 2 aliphatic heterocycles. The maximum Gasteiger partial charge on any atom is 0.333 e. The minimum atomic E-state index is -0.557. The maximum absolute atomic E-state index is 14.0. The summed E-state index contributed by atoms with van der Waals surface area (Å²) in [6.07, 6.45) is 2.13. The van der Waals surface area contributed by atoms with Crippen LogP contribution in [0.1, 0.15) is 22.6 Å². The molecule has 0 radical (unpaired) electrons. The Morgan fingerprint density at radius 2 is 1.78 bits per heavy atom. The van der Waals surface area contributed by atoms with E-state index in [1.807, 2.05) is 37.4 Å². The summed E-state index contributed by atoms with van der Waals surface area (Å²) in [6.45, 7) is 1.28. The van der Waals surface area contributed by atoms with E-state index >= 15 is 0 Å². The summed E-state index contributed by atoms with van der Waals surface area (Å²) in [4.78, 5) is 17.4. The lowest BCUT2D eigenvalue weighted by Gasteiger charge is -2.28. The van der Waals surface area contributed by atoms with E-state index < -0.39 is 6.04 Å². The predicted molar refractivity (Wildman–Crippen MR) is 125 cm³/mol. The fraction of sp³-hybridized carbons (Fsp3) is 0.222. The van der Waals surface area contributed by atoms with Crippen LogP contribution >= 0.6 is 0 Å². The number of nitrogens with zero attached hydrogens (tertiary/aromatic N) is 2. The Bertz CT molecular complexity index is 1190. The highest BCUT2D eigenvalue weighted by molar-refractivity contribution is 6.06. The van der Waals surface area contributed by atoms with Crippen LogP contribution in [0.25, 0.3) is 5.57 Å². The summed E-state index contributed by atoms with van der Waals surface area (Å²) < 4.78 is 19.3. The topological polar surface area (TPSA) is 32.8 Å². The Morgan fingerprint density at radius 1 is 1.03 bits per heavy atom. The number of hydrogen-bond donors (Lipinski definition) is 0. The van der Waals surface area contributed by atoms with Gasteiger partial charge in [-0.05, 0) is 41.0 Å². The molecule has 2 heterocycles. The molecule has 5 heteroatoms. The zero-order valence-corrected chi connectivity index (χ0v) is 18.2. The minimum absolute atomic E-state index is 0.0604. The smallest absolute Gasteiger partial charge is 0.333 e. The molecule has 162 valence electrons. The van der Waals surface area contributed by atoms with E-state index in [1.54, 1.807) is 12.1 Å². The number of anilines is 2. The first-order valence-electron chi connectivity index (χ1n) is 10.8. The average molecular weight is 429 g/mol. The van der Waals surface area contributed by atoms with E-state index in [2.05, 4.69) is 40.1 Å². The molecule has 1 unspecified atom stereocenters. The van der Waals surface area contributed by atoms with Gasteiger partial charge in [-0.2, -0.15) is 0 Å². The zero-order chi connectivity index (χ0) is 22.2. The first-order valence-corrected chi connectivity index (χ1v) is 10.8. The number of carbonyl (C=O) groups excluding carboxylic acids is 1. The molecule has 0 aliphatic carbocycles. The van der Waals surface area contributed by atoms with Crippen LogP contribution in [0.4, 0.5) is 15.8 Å². The van der Waals surface area contributed by atoms with Gasteiger partial charge in [-0.1, -0.05) is 54.6 Å². The second-order valence-electron chi connectivity index (χ2n) is 8.37. The predicted octanol–water partition coefficient (Wildman–Crippen LogP) is 5.00. The second kappa shape index (κ2) is 8.15. The van der Waals surface area contributed by atoms with E-state index in [0.717, 1.165) is 33.6 Å². The van der Waals surface area contributed by atoms with Crippen LogP contribution in [0.15, 0.2) is 78.9 Å². The highest BCUT2D eigenvalue weighted by Gasteiger charge is 2.43. The number of likely N-dealkylation sites (N-methyl/N-ethyl adjacent to an activating group) is 1. The Morgan fingerprint density at radius 3 is 2.53 bits per heavy atom. The average Bonchev–Trinajstić information content (AvgIpc) is 3.02. The van der Waals surface area contributed by atoms with Crippen molar-refractivity contribution in [2.45, 2.75) is 18.5 Å². The molecule has 0 amide bonds. The lowest BCUT2D eigenvalue weighted by atomic mass is 9.93. The van der Waals surface area contributed by atoms with Gasteiger partial charge in [0.05, 0.1) is 7.11 Å². The third kappa shape index (κ3) is 3.44. The van der Waals surface area contributed by atoms with Crippen molar-refractivity contribution < 1.29 is 13.9 Å².